The molecule has 1 fully saturated rings. The van der Waals surface area contributed by atoms with E-state index in [1.807, 2.05) is 19.2 Å². The number of phenols is 1. The van der Waals surface area contributed by atoms with Gasteiger partial charge in [-0.15, -0.1) is 6.58 Å². The number of fused-ring (bicyclic) bond motifs is 3. The van der Waals surface area contributed by atoms with Crippen LogP contribution in [0.3, 0.4) is 0 Å². The fourth-order valence-corrected chi connectivity index (χ4v) is 6.85. The molecular formula is C31H34N4O6. The van der Waals surface area contributed by atoms with Crippen LogP contribution in [0.5, 0.6) is 5.75 Å². The van der Waals surface area contributed by atoms with E-state index < -0.39 is 52.6 Å². The number of hydrogen-bond acceptors (Lipinski definition) is 9. The fraction of sp³-hybridized carbons (Fsp3) is 0.355. The Kier molecular flexibility index (Phi) is 7.31. The summed E-state index contributed by atoms with van der Waals surface area (Å²) in [6.45, 7) is 5.13. The Morgan fingerprint density at radius 1 is 1.15 bits per heavy atom. The Labute approximate surface area is 238 Å². The zero-order chi connectivity index (χ0) is 29.7. The molecule has 5 N–H and O–H groups in total. The predicted octanol–water partition coefficient (Wildman–Crippen LogP) is 2.53. The smallest absolute Gasteiger partial charge is 0.255 e. The molecule has 1 heterocycles. The van der Waals surface area contributed by atoms with Gasteiger partial charge in [-0.05, 0) is 74.6 Å². The average molecular weight is 559 g/mol. The van der Waals surface area contributed by atoms with Crippen molar-refractivity contribution in [1.82, 2.24) is 14.8 Å². The maximum atomic E-state index is 13.9. The minimum absolute atomic E-state index is 0.0557. The molecule has 1 aromatic carbocycles. The predicted molar refractivity (Wildman–Crippen MR) is 153 cm³/mol. The summed E-state index contributed by atoms with van der Waals surface area (Å²) in [4.78, 5) is 47.6. The van der Waals surface area contributed by atoms with Gasteiger partial charge in [-0.1, -0.05) is 12.1 Å². The number of nitrogens with two attached hydrogens (primary N) is 1. The quantitative estimate of drug-likeness (QED) is 0.228. The second kappa shape index (κ2) is 10.6. The highest BCUT2D eigenvalue weighted by Crippen LogP contribution is 2.51. The highest BCUT2D eigenvalue weighted by molar-refractivity contribution is 6.28. The number of carbonyl (C=O) groups excluding carboxylic acids is 3. The first-order chi connectivity index (χ1) is 19.5. The maximum Gasteiger partial charge on any atom is 0.255 e. The van der Waals surface area contributed by atoms with Crippen LogP contribution >= 0.6 is 0 Å². The van der Waals surface area contributed by atoms with Gasteiger partial charge in [0.05, 0.1) is 17.5 Å². The van der Waals surface area contributed by atoms with Gasteiger partial charge in [0.25, 0.3) is 5.91 Å². The van der Waals surface area contributed by atoms with E-state index in [-0.39, 0.29) is 22.6 Å². The molecule has 0 saturated heterocycles. The molecule has 3 unspecified atom stereocenters. The molecule has 3 aliphatic rings. The number of allylic oxidation sites excluding steroid dienone is 1. The summed E-state index contributed by atoms with van der Waals surface area (Å²) in [6.07, 6.45) is 5.93. The SMILES string of the molecule is C=CCN(C)Cc1cncc(-c2ccc(O)c3c2CC2CC4C(C(=O)C(C(N)=O)=C(O)[C@@H]4N(C)C)C(=O)C2=C3O)c1. The van der Waals surface area contributed by atoms with Gasteiger partial charge in [-0.25, -0.2) is 0 Å². The van der Waals surface area contributed by atoms with E-state index in [2.05, 4.69) is 16.5 Å². The van der Waals surface area contributed by atoms with Gasteiger partial charge in [0.15, 0.2) is 11.6 Å². The summed E-state index contributed by atoms with van der Waals surface area (Å²) < 4.78 is 0. The van der Waals surface area contributed by atoms with Crippen molar-refractivity contribution in [2.45, 2.75) is 25.4 Å². The first-order valence-electron chi connectivity index (χ1n) is 13.5. The number of amides is 1. The Morgan fingerprint density at radius 2 is 1.88 bits per heavy atom. The van der Waals surface area contributed by atoms with Gasteiger partial charge in [0.1, 0.15) is 22.8 Å². The van der Waals surface area contributed by atoms with E-state index in [4.69, 9.17) is 5.73 Å². The summed E-state index contributed by atoms with van der Waals surface area (Å²) in [5, 5.41) is 33.2. The first kappa shape index (κ1) is 28.3. The lowest BCUT2D eigenvalue weighted by molar-refractivity contribution is -0.136. The van der Waals surface area contributed by atoms with Crippen LogP contribution in [0.15, 0.2) is 60.2 Å². The topological polar surface area (TPSA) is 157 Å². The monoisotopic (exact) mass is 558 g/mol. The number of carbonyl (C=O) groups is 3. The number of phenolic OH excluding ortho intramolecular Hbond substituents is 1. The lowest BCUT2D eigenvalue weighted by Crippen LogP contribution is -2.55. The van der Waals surface area contributed by atoms with Crippen LogP contribution in [-0.2, 0) is 27.3 Å². The molecule has 2 aromatic rings. The van der Waals surface area contributed by atoms with Crippen LogP contribution in [-0.4, -0.2) is 81.3 Å². The summed E-state index contributed by atoms with van der Waals surface area (Å²) in [6, 6.07) is 4.46. The third-order valence-corrected chi connectivity index (χ3v) is 8.45. The summed E-state index contributed by atoms with van der Waals surface area (Å²) >= 11 is 0. The molecule has 5 rings (SSSR count). The molecule has 1 aromatic heterocycles. The third kappa shape index (κ3) is 4.62. The van der Waals surface area contributed by atoms with E-state index in [9.17, 15) is 29.7 Å². The van der Waals surface area contributed by atoms with Crippen molar-refractivity contribution in [2.24, 2.45) is 23.5 Å². The number of rotatable bonds is 7. The number of aliphatic hydroxyl groups is 2. The zero-order valence-electron chi connectivity index (χ0n) is 23.3. The van der Waals surface area contributed by atoms with Crippen LogP contribution < -0.4 is 5.73 Å². The molecule has 41 heavy (non-hydrogen) atoms. The summed E-state index contributed by atoms with van der Waals surface area (Å²) in [7, 11) is 5.36. The molecule has 1 saturated carbocycles. The van der Waals surface area contributed by atoms with E-state index in [0.717, 1.165) is 16.7 Å². The third-order valence-electron chi connectivity index (χ3n) is 8.45. The first-order valence-corrected chi connectivity index (χ1v) is 13.5. The van der Waals surface area contributed by atoms with Gasteiger partial charge < -0.3 is 21.1 Å². The molecule has 1 amide bonds. The van der Waals surface area contributed by atoms with Crippen LogP contribution in [0.1, 0.15) is 23.1 Å². The van der Waals surface area contributed by atoms with Gasteiger partial charge in [-0.2, -0.15) is 0 Å². The molecule has 3 aliphatic carbocycles. The molecule has 4 atom stereocenters. The van der Waals surface area contributed by atoms with E-state index in [1.165, 1.54) is 6.07 Å². The number of ketones is 2. The van der Waals surface area contributed by atoms with Crippen molar-refractivity contribution < 1.29 is 29.7 Å². The minimum Gasteiger partial charge on any atom is -0.510 e. The van der Waals surface area contributed by atoms with E-state index >= 15 is 0 Å². The second-order valence-corrected chi connectivity index (χ2v) is 11.4. The Balaban J connectivity index is 1.61. The Bertz CT molecular complexity index is 1540. The standard InChI is InChI=1S/C31H34N4O6/c1-5-8-35(4)14-15-9-17(13-33-12-15)18-6-7-21(36)23-19(18)10-16-11-20-24(28(38)22(16)27(23)37)29(39)25(31(32)41)30(40)26(20)34(2)3/h5-7,9,12-13,16,20,24,26,36-37,40H,1,8,10-11,14H2,2-4H3,(H2,32,41)/t16?,20?,24?,26-/m1/s1. The fourth-order valence-electron chi connectivity index (χ4n) is 6.85. The summed E-state index contributed by atoms with van der Waals surface area (Å²) in [5.74, 6) is -5.95. The van der Waals surface area contributed by atoms with Gasteiger partial charge in [-0.3, -0.25) is 29.2 Å². The highest BCUT2D eigenvalue weighted by Gasteiger charge is 2.55. The number of primary amides is 1. The molecule has 0 aliphatic heterocycles. The zero-order valence-corrected chi connectivity index (χ0v) is 23.3. The lowest BCUT2D eigenvalue weighted by Gasteiger charge is -2.46. The van der Waals surface area contributed by atoms with E-state index in [1.54, 1.807) is 37.5 Å². The normalized spacial score (nSPS) is 23.9. The number of aliphatic hydroxyl groups excluding tert-OH is 2. The number of nitrogens with zero attached hydrogens (tertiary/aromatic N) is 3. The van der Waals surface area contributed by atoms with Crippen molar-refractivity contribution in [3.63, 3.8) is 0 Å². The van der Waals surface area contributed by atoms with Crippen molar-refractivity contribution in [3.05, 3.63) is 76.8 Å². The van der Waals surface area contributed by atoms with Gasteiger partial charge in [0.2, 0.25) is 0 Å². The van der Waals surface area contributed by atoms with Gasteiger partial charge in [0, 0.05) is 36.6 Å². The van der Waals surface area contributed by atoms with Crippen molar-refractivity contribution in [1.29, 1.82) is 0 Å². The minimum atomic E-state index is -1.28. The van der Waals surface area contributed by atoms with Crippen molar-refractivity contribution in [3.8, 4) is 16.9 Å². The van der Waals surface area contributed by atoms with Crippen LogP contribution in [0, 0.1) is 17.8 Å². The molecule has 10 nitrogen and oxygen atoms in total. The van der Waals surface area contributed by atoms with Crippen LogP contribution in [0.2, 0.25) is 0 Å². The number of aromatic hydroxyl groups is 1. The largest absolute Gasteiger partial charge is 0.510 e. The number of likely N-dealkylation sites (N-methyl/N-ethyl adjacent to an activating group) is 2. The lowest BCUT2D eigenvalue weighted by atomic mass is 9.59. The average Bonchev–Trinajstić information content (AvgIpc) is 2.88. The number of pyridine rings is 1. The summed E-state index contributed by atoms with van der Waals surface area (Å²) in [5.41, 5.74) is 8.26. The number of Topliss-reactive ketones (excluding diaryl/α,β-unsaturated/α-hetero) is 2. The molecule has 214 valence electrons. The van der Waals surface area contributed by atoms with Gasteiger partial charge >= 0.3 is 0 Å². The van der Waals surface area contributed by atoms with E-state index in [0.29, 0.717) is 31.5 Å². The number of aromatic nitrogens is 1. The molecule has 0 spiro atoms. The molecule has 0 radical (unpaired) electrons. The highest BCUT2D eigenvalue weighted by atomic mass is 16.3. The van der Waals surface area contributed by atoms with Crippen LogP contribution in [0.25, 0.3) is 16.9 Å². The number of benzene rings is 1. The molecule has 10 heteroatoms. The van der Waals surface area contributed by atoms with Crippen molar-refractivity contribution in [2.75, 3.05) is 27.7 Å². The maximum absolute atomic E-state index is 13.9. The molecule has 0 bridgehead atoms. The second-order valence-electron chi connectivity index (χ2n) is 11.4. The molecular weight excluding hydrogens is 524 g/mol. The Hall–Kier alpha value is -4.28. The number of hydrogen-bond donors (Lipinski definition) is 4. The van der Waals surface area contributed by atoms with Crippen molar-refractivity contribution >= 4 is 23.2 Å². The van der Waals surface area contributed by atoms with Crippen LogP contribution in [0.4, 0.5) is 0 Å². The Morgan fingerprint density at radius 3 is 2.54 bits per heavy atom.